The van der Waals surface area contributed by atoms with Gasteiger partial charge >= 0.3 is 6.03 Å². The third kappa shape index (κ3) is 5.19. The molecule has 0 aliphatic carbocycles. The minimum Gasteiger partial charge on any atom is -0.338 e. The van der Waals surface area contributed by atoms with E-state index in [4.69, 9.17) is 17.3 Å². The van der Waals surface area contributed by atoms with Crippen molar-refractivity contribution in [2.45, 2.75) is 25.3 Å². The van der Waals surface area contributed by atoms with E-state index in [1.807, 2.05) is 24.3 Å². The highest BCUT2D eigenvalue weighted by atomic mass is 35.5. The van der Waals surface area contributed by atoms with Crippen molar-refractivity contribution in [1.29, 1.82) is 0 Å². The normalized spacial score (nSPS) is 18.3. The smallest absolute Gasteiger partial charge is 0.317 e. The molecule has 0 spiro atoms. The van der Waals surface area contributed by atoms with Gasteiger partial charge in [-0.05, 0) is 37.0 Å². The van der Waals surface area contributed by atoms with Gasteiger partial charge in [-0.2, -0.15) is 0 Å². The SMILES string of the molecule is Cl.N[C@H]1CCCN(C(=O)NCCc2cccc(Cl)c2)C1. The molecule has 1 aliphatic rings. The summed E-state index contributed by atoms with van der Waals surface area (Å²) >= 11 is 5.91. The van der Waals surface area contributed by atoms with Gasteiger partial charge in [0.05, 0.1) is 0 Å². The van der Waals surface area contributed by atoms with Gasteiger partial charge in [-0.15, -0.1) is 12.4 Å². The van der Waals surface area contributed by atoms with Crippen LogP contribution in [0.2, 0.25) is 5.02 Å². The first kappa shape index (κ1) is 17.1. The zero-order valence-electron chi connectivity index (χ0n) is 11.3. The number of urea groups is 1. The minimum absolute atomic E-state index is 0. The molecule has 0 aromatic heterocycles. The quantitative estimate of drug-likeness (QED) is 0.899. The first-order chi connectivity index (χ1) is 9.15. The fourth-order valence-corrected chi connectivity index (χ4v) is 2.53. The van der Waals surface area contributed by atoms with Crippen molar-refractivity contribution in [3.63, 3.8) is 0 Å². The van der Waals surface area contributed by atoms with Crippen molar-refractivity contribution < 1.29 is 4.79 Å². The van der Waals surface area contributed by atoms with E-state index in [0.717, 1.165) is 36.4 Å². The van der Waals surface area contributed by atoms with Crippen LogP contribution in [0.5, 0.6) is 0 Å². The van der Waals surface area contributed by atoms with Crippen LogP contribution in [0.1, 0.15) is 18.4 Å². The largest absolute Gasteiger partial charge is 0.338 e. The zero-order chi connectivity index (χ0) is 13.7. The molecule has 0 saturated carbocycles. The second kappa shape index (κ2) is 8.35. The van der Waals surface area contributed by atoms with Gasteiger partial charge in [-0.25, -0.2) is 4.79 Å². The Labute approximate surface area is 131 Å². The van der Waals surface area contributed by atoms with Crippen LogP contribution in [0.4, 0.5) is 4.79 Å². The molecule has 0 radical (unpaired) electrons. The molecule has 2 amide bonds. The van der Waals surface area contributed by atoms with Crippen LogP contribution in [-0.4, -0.2) is 36.6 Å². The number of amides is 2. The number of hydrogen-bond donors (Lipinski definition) is 2. The molecule has 1 aromatic rings. The van der Waals surface area contributed by atoms with Crippen molar-refractivity contribution >= 4 is 30.0 Å². The number of nitrogens with one attached hydrogen (secondary N) is 1. The average molecular weight is 318 g/mol. The molecular formula is C14H21Cl2N3O. The Morgan fingerprint density at radius 2 is 2.30 bits per heavy atom. The van der Waals surface area contributed by atoms with Gasteiger partial charge in [-0.1, -0.05) is 23.7 Å². The topological polar surface area (TPSA) is 58.4 Å². The summed E-state index contributed by atoms with van der Waals surface area (Å²) in [5.41, 5.74) is 6.99. The zero-order valence-corrected chi connectivity index (χ0v) is 12.9. The molecule has 4 nitrogen and oxygen atoms in total. The van der Waals surface area contributed by atoms with Crippen molar-refractivity contribution in [2.24, 2.45) is 5.73 Å². The van der Waals surface area contributed by atoms with Gasteiger partial charge in [0.15, 0.2) is 0 Å². The van der Waals surface area contributed by atoms with Crippen molar-refractivity contribution in [3.8, 4) is 0 Å². The molecular weight excluding hydrogens is 297 g/mol. The van der Waals surface area contributed by atoms with E-state index in [1.165, 1.54) is 0 Å². The highest BCUT2D eigenvalue weighted by molar-refractivity contribution is 6.30. The van der Waals surface area contributed by atoms with Gasteiger partial charge in [0.25, 0.3) is 0 Å². The second-order valence-corrected chi connectivity index (χ2v) is 5.40. The highest BCUT2D eigenvalue weighted by Crippen LogP contribution is 2.11. The Hall–Kier alpha value is -0.970. The van der Waals surface area contributed by atoms with E-state index >= 15 is 0 Å². The second-order valence-electron chi connectivity index (χ2n) is 4.96. The molecule has 3 N–H and O–H groups in total. The summed E-state index contributed by atoms with van der Waals surface area (Å²) in [6.07, 6.45) is 2.78. The van der Waals surface area contributed by atoms with Gasteiger partial charge in [0.1, 0.15) is 0 Å². The van der Waals surface area contributed by atoms with Crippen LogP contribution >= 0.6 is 24.0 Å². The molecule has 0 bridgehead atoms. The van der Waals surface area contributed by atoms with Crippen LogP contribution in [0.25, 0.3) is 0 Å². The van der Waals surface area contributed by atoms with Crippen LogP contribution in [0, 0.1) is 0 Å². The van der Waals surface area contributed by atoms with Gasteiger partial charge in [0.2, 0.25) is 0 Å². The number of rotatable bonds is 3. The molecule has 0 unspecified atom stereocenters. The Kier molecular flexibility index (Phi) is 7.13. The average Bonchev–Trinajstić information content (AvgIpc) is 2.38. The number of nitrogens with two attached hydrogens (primary N) is 1. The number of nitrogens with zero attached hydrogens (tertiary/aromatic N) is 1. The molecule has 1 saturated heterocycles. The first-order valence-electron chi connectivity index (χ1n) is 6.68. The number of likely N-dealkylation sites (tertiary alicyclic amines) is 1. The molecule has 1 fully saturated rings. The Bertz CT molecular complexity index is 442. The summed E-state index contributed by atoms with van der Waals surface area (Å²) in [4.78, 5) is 13.7. The molecule has 1 atom stereocenters. The van der Waals surface area contributed by atoms with Crippen molar-refractivity contribution in [2.75, 3.05) is 19.6 Å². The maximum Gasteiger partial charge on any atom is 0.317 e. The Balaban J connectivity index is 0.00000200. The van der Waals surface area contributed by atoms with E-state index in [0.29, 0.717) is 13.1 Å². The molecule has 112 valence electrons. The summed E-state index contributed by atoms with van der Waals surface area (Å²) in [6.45, 7) is 2.07. The lowest BCUT2D eigenvalue weighted by molar-refractivity contribution is 0.180. The molecule has 1 aliphatic heterocycles. The maximum absolute atomic E-state index is 11.9. The molecule has 2 rings (SSSR count). The first-order valence-corrected chi connectivity index (χ1v) is 7.06. The number of carbonyl (C=O) groups excluding carboxylic acids is 1. The maximum atomic E-state index is 11.9. The summed E-state index contributed by atoms with van der Waals surface area (Å²) in [6, 6.07) is 7.80. The van der Waals surface area contributed by atoms with Crippen molar-refractivity contribution in [3.05, 3.63) is 34.9 Å². The van der Waals surface area contributed by atoms with Crippen LogP contribution in [-0.2, 0) is 6.42 Å². The predicted octanol–water partition coefficient (Wildman–Crippen LogP) is 2.44. The third-order valence-corrected chi connectivity index (χ3v) is 3.56. The van der Waals surface area contributed by atoms with E-state index in [2.05, 4.69) is 5.32 Å². The van der Waals surface area contributed by atoms with Crippen molar-refractivity contribution in [1.82, 2.24) is 10.2 Å². The number of piperidine rings is 1. The minimum atomic E-state index is -0.0165. The Morgan fingerprint density at radius 3 is 3.00 bits per heavy atom. The van der Waals surface area contributed by atoms with Gasteiger partial charge in [0, 0.05) is 30.7 Å². The highest BCUT2D eigenvalue weighted by Gasteiger charge is 2.20. The van der Waals surface area contributed by atoms with Gasteiger partial charge < -0.3 is 16.0 Å². The number of carbonyl (C=O) groups is 1. The lowest BCUT2D eigenvalue weighted by Crippen LogP contribution is -2.49. The summed E-state index contributed by atoms with van der Waals surface area (Å²) < 4.78 is 0. The molecule has 1 aromatic carbocycles. The van der Waals surface area contributed by atoms with E-state index in [9.17, 15) is 4.79 Å². The number of benzene rings is 1. The lowest BCUT2D eigenvalue weighted by atomic mass is 10.1. The predicted molar refractivity (Wildman–Crippen MR) is 84.6 cm³/mol. The lowest BCUT2D eigenvalue weighted by Gasteiger charge is -2.30. The standard InChI is InChI=1S/C14H20ClN3O.ClH/c15-12-4-1-3-11(9-12)6-7-17-14(19)18-8-2-5-13(16)10-18;/h1,3-4,9,13H,2,5-8,10,16H2,(H,17,19);1H/t13-;/m0./s1. The Morgan fingerprint density at radius 1 is 1.50 bits per heavy atom. The molecule has 6 heteroatoms. The summed E-state index contributed by atoms with van der Waals surface area (Å²) in [5.74, 6) is 0. The van der Waals surface area contributed by atoms with Crippen LogP contribution < -0.4 is 11.1 Å². The number of hydrogen-bond acceptors (Lipinski definition) is 2. The molecule has 20 heavy (non-hydrogen) atoms. The summed E-state index contributed by atoms with van der Waals surface area (Å²) in [7, 11) is 0. The van der Waals surface area contributed by atoms with Gasteiger partial charge in [-0.3, -0.25) is 0 Å². The van der Waals surface area contributed by atoms with E-state index in [-0.39, 0.29) is 24.5 Å². The molecule has 1 heterocycles. The summed E-state index contributed by atoms with van der Waals surface area (Å²) in [5, 5.41) is 3.66. The fraction of sp³-hybridized carbons (Fsp3) is 0.500. The fourth-order valence-electron chi connectivity index (χ4n) is 2.31. The van der Waals surface area contributed by atoms with Crippen LogP contribution in [0.15, 0.2) is 24.3 Å². The monoisotopic (exact) mass is 317 g/mol. The van der Waals surface area contributed by atoms with E-state index in [1.54, 1.807) is 4.90 Å². The number of halogens is 2. The third-order valence-electron chi connectivity index (χ3n) is 3.32. The van der Waals surface area contributed by atoms with E-state index < -0.39 is 0 Å². The van der Waals surface area contributed by atoms with Crippen LogP contribution in [0.3, 0.4) is 0 Å².